The summed E-state index contributed by atoms with van der Waals surface area (Å²) in [6.45, 7) is 5.87. The molecule has 1 aromatic carbocycles. The Bertz CT molecular complexity index is 562. The molecule has 2 atom stereocenters. The number of carbonyl (C=O) groups excluding carboxylic acids is 2. The van der Waals surface area contributed by atoms with Gasteiger partial charge in [0.1, 0.15) is 0 Å². The van der Waals surface area contributed by atoms with E-state index < -0.39 is 0 Å². The number of nitrogens with zero attached hydrogens (tertiary/aromatic N) is 1. The van der Waals surface area contributed by atoms with Crippen molar-refractivity contribution >= 4 is 23.5 Å². The van der Waals surface area contributed by atoms with Crippen LogP contribution >= 0.6 is 11.6 Å². The van der Waals surface area contributed by atoms with E-state index in [0.29, 0.717) is 24.7 Å². The number of hydrogen-bond acceptors (Lipinski definition) is 4. The van der Waals surface area contributed by atoms with Gasteiger partial charge in [0.15, 0.2) is 0 Å². The Balaban J connectivity index is 1.83. The van der Waals surface area contributed by atoms with Crippen molar-refractivity contribution in [3.8, 4) is 0 Å². The maximum Gasteiger partial charge on any atom is 0.310 e. The third kappa shape index (κ3) is 5.49. The fourth-order valence-corrected chi connectivity index (χ4v) is 3.10. The number of likely N-dealkylation sites (tertiary alicyclic amines) is 1. The number of esters is 1. The van der Waals surface area contributed by atoms with Crippen LogP contribution in [0.1, 0.15) is 38.3 Å². The Morgan fingerprint density at radius 2 is 2.08 bits per heavy atom. The minimum absolute atomic E-state index is 0.0399. The van der Waals surface area contributed by atoms with Crippen LogP contribution in [-0.4, -0.2) is 43.0 Å². The lowest BCUT2D eigenvalue weighted by Crippen LogP contribution is -2.45. The lowest BCUT2D eigenvalue weighted by molar-refractivity contribution is -0.150. The molecule has 0 spiro atoms. The number of benzene rings is 1. The van der Waals surface area contributed by atoms with Gasteiger partial charge in [-0.05, 0) is 50.9 Å². The molecule has 1 saturated heterocycles. The summed E-state index contributed by atoms with van der Waals surface area (Å²) in [4.78, 5) is 26.2. The molecule has 1 aromatic rings. The molecule has 24 heavy (non-hydrogen) atoms. The predicted molar refractivity (Wildman–Crippen MR) is 93.8 cm³/mol. The molecular weight excluding hydrogens is 328 g/mol. The zero-order valence-corrected chi connectivity index (χ0v) is 15.0. The highest BCUT2D eigenvalue weighted by molar-refractivity contribution is 6.30. The van der Waals surface area contributed by atoms with Crippen LogP contribution in [0.3, 0.4) is 0 Å². The molecule has 1 fully saturated rings. The van der Waals surface area contributed by atoms with Crippen molar-refractivity contribution < 1.29 is 14.3 Å². The number of amides is 1. The smallest absolute Gasteiger partial charge is 0.310 e. The highest BCUT2D eigenvalue weighted by Gasteiger charge is 2.27. The number of nitrogens with one attached hydrogen (secondary N) is 1. The van der Waals surface area contributed by atoms with Crippen LogP contribution in [0, 0.1) is 5.92 Å². The molecule has 5 nitrogen and oxygen atoms in total. The lowest BCUT2D eigenvalue weighted by atomic mass is 9.98. The van der Waals surface area contributed by atoms with Crippen LogP contribution in [-0.2, 0) is 14.3 Å². The predicted octanol–water partition coefficient (Wildman–Crippen LogP) is 2.79. The topological polar surface area (TPSA) is 58.6 Å². The van der Waals surface area contributed by atoms with Crippen molar-refractivity contribution in [2.45, 2.75) is 32.7 Å². The number of halogens is 1. The molecule has 0 bridgehead atoms. The van der Waals surface area contributed by atoms with Crippen LogP contribution in [0.15, 0.2) is 24.3 Å². The summed E-state index contributed by atoms with van der Waals surface area (Å²) in [6, 6.07) is 7.36. The molecule has 1 amide bonds. The van der Waals surface area contributed by atoms with E-state index in [2.05, 4.69) is 5.32 Å². The Labute approximate surface area is 148 Å². The normalized spacial score (nSPS) is 19.5. The summed E-state index contributed by atoms with van der Waals surface area (Å²) >= 11 is 5.88. The molecule has 0 aromatic heterocycles. The minimum Gasteiger partial charge on any atom is -0.466 e. The first kappa shape index (κ1) is 18.7. The fraction of sp³-hybridized carbons (Fsp3) is 0.556. The fourth-order valence-electron chi connectivity index (χ4n) is 2.98. The van der Waals surface area contributed by atoms with Gasteiger partial charge in [-0.2, -0.15) is 0 Å². The maximum atomic E-state index is 12.3. The molecule has 1 aliphatic rings. The van der Waals surface area contributed by atoms with Gasteiger partial charge in [-0.15, -0.1) is 0 Å². The summed E-state index contributed by atoms with van der Waals surface area (Å²) in [5.74, 6) is -0.320. The van der Waals surface area contributed by atoms with E-state index in [-0.39, 0.29) is 23.8 Å². The van der Waals surface area contributed by atoms with E-state index >= 15 is 0 Å². The van der Waals surface area contributed by atoms with Crippen LogP contribution in [0.25, 0.3) is 0 Å². The highest BCUT2D eigenvalue weighted by Crippen LogP contribution is 2.19. The molecule has 2 rings (SSSR count). The summed E-state index contributed by atoms with van der Waals surface area (Å²) in [6.07, 6.45) is 1.74. The van der Waals surface area contributed by atoms with Crippen molar-refractivity contribution in [2.24, 2.45) is 5.92 Å². The quantitative estimate of drug-likeness (QED) is 0.800. The van der Waals surface area contributed by atoms with Gasteiger partial charge in [-0.3, -0.25) is 14.5 Å². The van der Waals surface area contributed by atoms with Crippen molar-refractivity contribution in [1.29, 1.82) is 0 Å². The first-order valence-corrected chi connectivity index (χ1v) is 8.81. The summed E-state index contributed by atoms with van der Waals surface area (Å²) < 4.78 is 5.09. The zero-order chi connectivity index (χ0) is 17.5. The van der Waals surface area contributed by atoms with Gasteiger partial charge in [-0.25, -0.2) is 0 Å². The van der Waals surface area contributed by atoms with E-state index in [1.807, 2.05) is 43.0 Å². The molecule has 6 heteroatoms. The van der Waals surface area contributed by atoms with Crippen molar-refractivity contribution in [2.75, 3.05) is 26.2 Å². The van der Waals surface area contributed by atoms with E-state index in [9.17, 15) is 9.59 Å². The van der Waals surface area contributed by atoms with Gasteiger partial charge in [0.25, 0.3) is 0 Å². The van der Waals surface area contributed by atoms with Gasteiger partial charge in [0.05, 0.1) is 25.1 Å². The van der Waals surface area contributed by atoms with E-state index in [1.54, 1.807) is 0 Å². The van der Waals surface area contributed by atoms with Gasteiger partial charge in [0.2, 0.25) is 5.91 Å². The first-order valence-electron chi connectivity index (χ1n) is 8.43. The van der Waals surface area contributed by atoms with E-state index in [0.717, 1.165) is 24.9 Å². The molecular formula is C18H25ClN2O3. The van der Waals surface area contributed by atoms with E-state index in [1.165, 1.54) is 0 Å². The molecule has 2 unspecified atom stereocenters. The molecule has 132 valence electrons. The molecule has 0 radical (unpaired) electrons. The van der Waals surface area contributed by atoms with Gasteiger partial charge in [0, 0.05) is 11.6 Å². The number of carbonyl (C=O) groups is 2. The summed E-state index contributed by atoms with van der Waals surface area (Å²) in [5, 5.41) is 3.67. The third-order valence-electron chi connectivity index (χ3n) is 4.24. The third-order valence-corrected chi connectivity index (χ3v) is 4.49. The van der Waals surface area contributed by atoms with E-state index in [4.69, 9.17) is 16.3 Å². The molecule has 1 heterocycles. The minimum atomic E-state index is -0.155. The first-order chi connectivity index (χ1) is 11.5. The highest BCUT2D eigenvalue weighted by atomic mass is 35.5. The average molecular weight is 353 g/mol. The van der Waals surface area contributed by atoms with Crippen molar-refractivity contribution in [1.82, 2.24) is 10.2 Å². The molecule has 1 N–H and O–H groups in total. The second kappa shape index (κ2) is 9.04. The Hall–Kier alpha value is -1.59. The van der Waals surface area contributed by atoms with Crippen molar-refractivity contribution in [3.05, 3.63) is 34.9 Å². The van der Waals surface area contributed by atoms with Gasteiger partial charge < -0.3 is 10.1 Å². The maximum absolute atomic E-state index is 12.3. The number of hydrogen-bond donors (Lipinski definition) is 1. The molecule has 1 aliphatic heterocycles. The lowest BCUT2D eigenvalue weighted by Gasteiger charge is -2.31. The van der Waals surface area contributed by atoms with Crippen LogP contribution < -0.4 is 5.32 Å². The molecule has 0 saturated carbocycles. The largest absolute Gasteiger partial charge is 0.466 e. The summed E-state index contributed by atoms with van der Waals surface area (Å²) in [5.41, 5.74) is 1.01. The Morgan fingerprint density at radius 3 is 2.75 bits per heavy atom. The van der Waals surface area contributed by atoms with Crippen LogP contribution in [0.5, 0.6) is 0 Å². The van der Waals surface area contributed by atoms with Gasteiger partial charge >= 0.3 is 5.97 Å². The average Bonchev–Trinajstić information content (AvgIpc) is 2.55. The monoisotopic (exact) mass is 352 g/mol. The van der Waals surface area contributed by atoms with Crippen LogP contribution in [0.2, 0.25) is 5.02 Å². The second-order valence-corrected chi connectivity index (χ2v) is 6.60. The van der Waals surface area contributed by atoms with Crippen LogP contribution in [0.4, 0.5) is 0 Å². The Kier molecular flexibility index (Phi) is 7.06. The second-order valence-electron chi connectivity index (χ2n) is 6.17. The van der Waals surface area contributed by atoms with Gasteiger partial charge in [-0.1, -0.05) is 23.7 Å². The van der Waals surface area contributed by atoms with Crippen molar-refractivity contribution in [3.63, 3.8) is 0 Å². The zero-order valence-electron chi connectivity index (χ0n) is 14.3. The standard InChI is InChI=1S/C18H25ClN2O3/c1-3-24-18(23)15-5-4-10-21(11-15)12-17(22)20-13(2)14-6-8-16(19)9-7-14/h6-9,13,15H,3-5,10-12H2,1-2H3,(H,20,22). The molecule has 0 aliphatic carbocycles. The SMILES string of the molecule is CCOC(=O)C1CCCN(CC(=O)NC(C)c2ccc(Cl)cc2)C1. The Morgan fingerprint density at radius 1 is 1.38 bits per heavy atom. The number of piperidine rings is 1. The summed E-state index contributed by atoms with van der Waals surface area (Å²) in [7, 11) is 0. The number of rotatable bonds is 6. The number of ether oxygens (including phenoxy) is 1.